The first-order valence-electron chi connectivity index (χ1n) is 7.89. The fraction of sp³-hybridized carbons (Fsp3) is 0.316. The van der Waals surface area contributed by atoms with Gasteiger partial charge in [0.15, 0.2) is 12.1 Å². The number of carbonyl (C=O) groups is 1. The normalized spacial score (nSPS) is 15.3. The second-order valence-electron chi connectivity index (χ2n) is 5.38. The number of carbonyl (C=O) groups excluding carboxylic acids is 1. The second kappa shape index (κ2) is 7.90. The third kappa shape index (κ3) is 4.41. The first-order valence-corrected chi connectivity index (χ1v) is 7.89. The lowest BCUT2D eigenvalue weighted by Crippen LogP contribution is -2.26. The Morgan fingerprint density at radius 3 is 2.30 bits per heavy atom. The molecule has 4 nitrogen and oxygen atoms in total. The summed E-state index contributed by atoms with van der Waals surface area (Å²) in [6.45, 7) is 2.03. The average Bonchev–Trinajstić information content (AvgIpc) is 2.63. The molecule has 1 saturated heterocycles. The summed E-state index contributed by atoms with van der Waals surface area (Å²) in [6.07, 6.45) is 1.49. The molecule has 23 heavy (non-hydrogen) atoms. The summed E-state index contributed by atoms with van der Waals surface area (Å²) >= 11 is 0. The van der Waals surface area contributed by atoms with Crippen LogP contribution in [0.3, 0.4) is 0 Å². The van der Waals surface area contributed by atoms with E-state index in [0.717, 1.165) is 25.4 Å². The van der Waals surface area contributed by atoms with Crippen LogP contribution in [0.15, 0.2) is 54.6 Å². The zero-order valence-corrected chi connectivity index (χ0v) is 12.9. The summed E-state index contributed by atoms with van der Waals surface area (Å²) in [5.41, 5.74) is 1.34. The molecule has 0 aliphatic carbocycles. The zero-order valence-electron chi connectivity index (χ0n) is 12.9. The van der Waals surface area contributed by atoms with E-state index in [1.54, 1.807) is 12.1 Å². The van der Waals surface area contributed by atoms with Gasteiger partial charge in [0.2, 0.25) is 0 Å². The topological polar surface area (TPSA) is 44.8 Å². The van der Waals surface area contributed by atoms with Gasteiger partial charge in [0.1, 0.15) is 5.75 Å². The molecule has 0 amide bonds. The van der Waals surface area contributed by atoms with Crippen molar-refractivity contribution in [1.29, 1.82) is 0 Å². The van der Waals surface area contributed by atoms with Crippen molar-refractivity contribution in [2.45, 2.75) is 19.1 Å². The molecule has 3 rings (SSSR count). The molecular weight excluding hydrogens is 292 g/mol. The van der Waals surface area contributed by atoms with Crippen LogP contribution in [0, 0.1) is 0 Å². The molecule has 0 saturated carbocycles. The lowest BCUT2D eigenvalue weighted by Gasteiger charge is -2.23. The summed E-state index contributed by atoms with van der Waals surface area (Å²) in [5, 5.41) is 0. The molecule has 4 heteroatoms. The van der Waals surface area contributed by atoms with Gasteiger partial charge in [0.05, 0.1) is 19.8 Å². The van der Waals surface area contributed by atoms with Gasteiger partial charge in [-0.1, -0.05) is 30.3 Å². The van der Waals surface area contributed by atoms with Crippen molar-refractivity contribution in [3.63, 3.8) is 0 Å². The van der Waals surface area contributed by atoms with Crippen molar-refractivity contribution in [1.82, 2.24) is 0 Å². The predicted molar refractivity (Wildman–Crippen MR) is 86.7 cm³/mol. The minimum atomic E-state index is -0.164. The summed E-state index contributed by atoms with van der Waals surface area (Å²) in [7, 11) is 0. The Kier molecular flexibility index (Phi) is 5.40. The van der Waals surface area contributed by atoms with Crippen LogP contribution in [0.1, 0.15) is 28.8 Å². The monoisotopic (exact) mass is 312 g/mol. The van der Waals surface area contributed by atoms with Gasteiger partial charge in [-0.05, 0) is 30.7 Å². The highest BCUT2D eigenvalue weighted by molar-refractivity contribution is 6.08. The molecular formula is C19H20O4. The number of ether oxygens (including phenoxy) is 3. The van der Waals surface area contributed by atoms with Crippen LogP contribution in [0.4, 0.5) is 0 Å². The van der Waals surface area contributed by atoms with Gasteiger partial charge in [0, 0.05) is 17.5 Å². The molecule has 120 valence electrons. The van der Waals surface area contributed by atoms with E-state index in [0.29, 0.717) is 24.2 Å². The van der Waals surface area contributed by atoms with Crippen LogP contribution < -0.4 is 4.74 Å². The Bertz CT molecular complexity index is 616. The highest BCUT2D eigenvalue weighted by atomic mass is 16.7. The molecule has 0 spiro atoms. The van der Waals surface area contributed by atoms with E-state index in [1.807, 2.05) is 42.5 Å². The quantitative estimate of drug-likeness (QED) is 0.766. The van der Waals surface area contributed by atoms with E-state index >= 15 is 0 Å². The van der Waals surface area contributed by atoms with Crippen LogP contribution >= 0.6 is 0 Å². The first kappa shape index (κ1) is 15.7. The molecule has 1 fully saturated rings. The van der Waals surface area contributed by atoms with Gasteiger partial charge < -0.3 is 14.2 Å². The Balaban J connectivity index is 1.51. The van der Waals surface area contributed by atoms with E-state index in [-0.39, 0.29) is 12.1 Å². The molecule has 0 atom stereocenters. The van der Waals surface area contributed by atoms with Crippen LogP contribution in [0.25, 0.3) is 0 Å². The molecule has 0 aromatic heterocycles. The fourth-order valence-corrected chi connectivity index (χ4v) is 2.43. The molecule has 0 unspecified atom stereocenters. The molecule has 2 aromatic rings. The molecule has 1 aliphatic rings. The number of ketones is 1. The minimum absolute atomic E-state index is 0.0150. The van der Waals surface area contributed by atoms with Gasteiger partial charge in [-0.2, -0.15) is 0 Å². The van der Waals surface area contributed by atoms with Crippen LogP contribution in [-0.2, 0) is 9.47 Å². The molecule has 0 N–H and O–H groups in total. The minimum Gasteiger partial charge on any atom is -0.493 e. The Morgan fingerprint density at radius 2 is 1.61 bits per heavy atom. The highest BCUT2D eigenvalue weighted by Crippen LogP contribution is 2.16. The van der Waals surface area contributed by atoms with Gasteiger partial charge in [-0.25, -0.2) is 0 Å². The van der Waals surface area contributed by atoms with Crippen molar-refractivity contribution in [2.24, 2.45) is 0 Å². The van der Waals surface area contributed by atoms with Gasteiger partial charge in [-0.3, -0.25) is 4.79 Å². The zero-order chi connectivity index (χ0) is 15.9. The maximum absolute atomic E-state index is 12.3. The summed E-state index contributed by atoms with van der Waals surface area (Å²) in [4.78, 5) is 12.3. The number of benzene rings is 2. The average molecular weight is 312 g/mol. The lowest BCUT2D eigenvalue weighted by atomic mass is 10.0. The number of hydrogen-bond donors (Lipinski definition) is 0. The van der Waals surface area contributed by atoms with Crippen molar-refractivity contribution >= 4 is 5.78 Å². The van der Waals surface area contributed by atoms with Crippen molar-refractivity contribution in [2.75, 3.05) is 19.8 Å². The number of hydrogen-bond acceptors (Lipinski definition) is 4. The Morgan fingerprint density at radius 1 is 0.957 bits per heavy atom. The van der Waals surface area contributed by atoms with E-state index in [1.165, 1.54) is 0 Å². The van der Waals surface area contributed by atoms with Gasteiger partial charge >= 0.3 is 0 Å². The van der Waals surface area contributed by atoms with E-state index < -0.39 is 0 Å². The largest absolute Gasteiger partial charge is 0.493 e. The van der Waals surface area contributed by atoms with E-state index in [9.17, 15) is 4.79 Å². The Hall–Kier alpha value is -2.17. The molecule has 0 radical (unpaired) electrons. The van der Waals surface area contributed by atoms with E-state index in [4.69, 9.17) is 14.2 Å². The maximum atomic E-state index is 12.3. The van der Waals surface area contributed by atoms with Crippen LogP contribution in [0.5, 0.6) is 5.75 Å². The summed E-state index contributed by atoms with van der Waals surface area (Å²) < 4.78 is 16.6. The summed E-state index contributed by atoms with van der Waals surface area (Å²) in [5.74, 6) is 0.756. The third-order valence-electron chi connectivity index (χ3n) is 3.67. The van der Waals surface area contributed by atoms with Crippen molar-refractivity contribution < 1.29 is 19.0 Å². The van der Waals surface area contributed by atoms with Gasteiger partial charge in [-0.15, -0.1) is 0 Å². The predicted octanol–water partition coefficient (Wildman–Crippen LogP) is 3.45. The SMILES string of the molecule is O=C(c1ccccc1)c1ccc(OCCC2OCCCO2)cc1. The third-order valence-corrected chi connectivity index (χ3v) is 3.67. The smallest absolute Gasteiger partial charge is 0.193 e. The van der Waals surface area contributed by atoms with Gasteiger partial charge in [0.25, 0.3) is 0 Å². The molecule has 0 bridgehead atoms. The molecule has 1 heterocycles. The van der Waals surface area contributed by atoms with Crippen molar-refractivity contribution in [3.8, 4) is 5.75 Å². The molecule has 2 aromatic carbocycles. The standard InChI is InChI=1S/C19H20O4/c20-19(15-5-2-1-3-6-15)16-7-9-17(10-8-16)21-14-11-18-22-12-4-13-23-18/h1-3,5-10,18H,4,11-14H2. The Labute approximate surface area is 136 Å². The van der Waals surface area contributed by atoms with Crippen LogP contribution in [0.2, 0.25) is 0 Å². The first-order chi connectivity index (χ1) is 11.3. The lowest BCUT2D eigenvalue weighted by molar-refractivity contribution is -0.183. The van der Waals surface area contributed by atoms with Crippen molar-refractivity contribution in [3.05, 3.63) is 65.7 Å². The second-order valence-corrected chi connectivity index (χ2v) is 5.38. The highest BCUT2D eigenvalue weighted by Gasteiger charge is 2.14. The summed E-state index contributed by atoms with van der Waals surface area (Å²) in [6, 6.07) is 16.5. The number of rotatable bonds is 6. The fourth-order valence-electron chi connectivity index (χ4n) is 2.43. The maximum Gasteiger partial charge on any atom is 0.193 e. The van der Waals surface area contributed by atoms with Crippen LogP contribution in [-0.4, -0.2) is 31.9 Å². The van der Waals surface area contributed by atoms with E-state index in [2.05, 4.69) is 0 Å². The molecule has 1 aliphatic heterocycles.